The molecule has 3 nitrogen and oxygen atoms in total. The predicted molar refractivity (Wildman–Crippen MR) is 77.3 cm³/mol. The molecule has 0 radical (unpaired) electrons. The molecule has 1 heterocycles. The number of nitrogens with zero attached hydrogens (tertiary/aromatic N) is 1. The number of nitrogens with one attached hydrogen (secondary N) is 1. The molecule has 0 spiro atoms. The predicted octanol–water partition coefficient (Wildman–Crippen LogP) is 4.71. The summed E-state index contributed by atoms with van der Waals surface area (Å²) in [5.74, 6) is -0.0472. The third kappa shape index (κ3) is 4.31. The molecule has 0 aliphatic rings. The van der Waals surface area contributed by atoms with E-state index in [-0.39, 0.29) is 10.8 Å². The van der Waals surface area contributed by atoms with Crippen molar-refractivity contribution in [2.24, 2.45) is 0 Å². The smallest absolute Gasteiger partial charge is 0.387 e. The molecule has 0 atom stereocenters. The van der Waals surface area contributed by atoms with Crippen molar-refractivity contribution in [2.45, 2.75) is 13.2 Å². The fourth-order valence-corrected chi connectivity index (χ4v) is 1.97. The number of hydrogen-bond acceptors (Lipinski definition) is 3. The molecule has 0 aliphatic heterocycles. The molecule has 0 saturated carbocycles. The van der Waals surface area contributed by atoms with Crippen LogP contribution in [0.2, 0.25) is 5.02 Å². The highest BCUT2D eigenvalue weighted by Gasteiger charge is 2.08. The van der Waals surface area contributed by atoms with Crippen molar-refractivity contribution >= 4 is 33.2 Å². The fourth-order valence-electron chi connectivity index (χ4n) is 1.51. The van der Waals surface area contributed by atoms with E-state index in [9.17, 15) is 8.78 Å². The van der Waals surface area contributed by atoms with E-state index < -0.39 is 6.61 Å². The number of benzene rings is 1. The van der Waals surface area contributed by atoms with Gasteiger partial charge in [-0.25, -0.2) is 0 Å². The number of alkyl halides is 2. The Morgan fingerprint density at radius 1 is 1.30 bits per heavy atom. The Kier molecular flexibility index (Phi) is 5.14. The van der Waals surface area contributed by atoms with Gasteiger partial charge in [0.2, 0.25) is 0 Å². The average Bonchev–Trinajstić information content (AvgIpc) is 2.40. The van der Waals surface area contributed by atoms with E-state index in [2.05, 4.69) is 31.0 Å². The van der Waals surface area contributed by atoms with Gasteiger partial charge in [0, 0.05) is 16.4 Å². The Morgan fingerprint density at radius 2 is 2.10 bits per heavy atom. The van der Waals surface area contributed by atoms with Crippen molar-refractivity contribution < 1.29 is 13.5 Å². The van der Waals surface area contributed by atoms with Gasteiger partial charge in [-0.05, 0) is 46.3 Å². The molecule has 0 saturated heterocycles. The summed E-state index contributed by atoms with van der Waals surface area (Å²) in [5, 5.41) is 3.22. The van der Waals surface area contributed by atoms with Gasteiger partial charge in [0.05, 0.1) is 17.3 Å². The minimum absolute atomic E-state index is 0.0472. The van der Waals surface area contributed by atoms with E-state index in [4.69, 9.17) is 11.6 Å². The van der Waals surface area contributed by atoms with E-state index in [0.717, 1.165) is 10.2 Å². The summed E-state index contributed by atoms with van der Waals surface area (Å²) in [6, 6.07) is 8.29. The maximum atomic E-state index is 12.1. The second-order valence-electron chi connectivity index (χ2n) is 3.85. The molecular weight excluding hydrogens is 354 g/mol. The average molecular weight is 364 g/mol. The number of aromatic nitrogens is 1. The van der Waals surface area contributed by atoms with Crippen LogP contribution in [0, 0.1) is 0 Å². The Balaban J connectivity index is 1.99. The van der Waals surface area contributed by atoms with E-state index in [1.165, 1.54) is 12.1 Å². The Labute approximate surface area is 128 Å². The van der Waals surface area contributed by atoms with Crippen molar-refractivity contribution in [1.29, 1.82) is 0 Å². The van der Waals surface area contributed by atoms with Gasteiger partial charge >= 0.3 is 6.61 Å². The quantitative estimate of drug-likeness (QED) is 0.835. The zero-order chi connectivity index (χ0) is 14.5. The Hall–Kier alpha value is -1.40. The van der Waals surface area contributed by atoms with Gasteiger partial charge < -0.3 is 10.1 Å². The second kappa shape index (κ2) is 6.85. The van der Waals surface area contributed by atoms with Crippen molar-refractivity contribution in [3.05, 3.63) is 51.7 Å². The number of hydrogen-bond donors (Lipinski definition) is 1. The fraction of sp³-hybridized carbons (Fsp3) is 0.154. The van der Waals surface area contributed by atoms with E-state index in [1.807, 2.05) is 12.1 Å². The third-order valence-electron chi connectivity index (χ3n) is 2.41. The minimum atomic E-state index is -2.89. The molecule has 20 heavy (non-hydrogen) atoms. The molecule has 0 fully saturated rings. The second-order valence-corrected chi connectivity index (χ2v) is 5.17. The minimum Gasteiger partial charge on any atom is -0.433 e. The van der Waals surface area contributed by atoms with Crippen LogP contribution in [-0.4, -0.2) is 11.6 Å². The topological polar surface area (TPSA) is 34.1 Å². The lowest BCUT2D eigenvalue weighted by Gasteiger charge is -2.10. The summed E-state index contributed by atoms with van der Waals surface area (Å²) in [6.45, 7) is -2.39. The molecule has 1 aromatic carbocycles. The summed E-state index contributed by atoms with van der Waals surface area (Å²) < 4.78 is 29.4. The van der Waals surface area contributed by atoms with Gasteiger partial charge in [-0.15, -0.1) is 0 Å². The highest BCUT2D eigenvalue weighted by atomic mass is 79.9. The standard InChI is InChI=1S/C13H10BrClF2N2O/c14-8-1-2-10(18-6-8)7-19-9-3-4-12(11(15)5-9)20-13(16)17/h1-6,13,19H,7H2. The number of anilines is 1. The molecule has 2 aromatic rings. The van der Waals surface area contributed by atoms with Crippen molar-refractivity contribution in [3.8, 4) is 5.75 Å². The van der Waals surface area contributed by atoms with Crippen LogP contribution in [0.25, 0.3) is 0 Å². The van der Waals surface area contributed by atoms with E-state index >= 15 is 0 Å². The largest absolute Gasteiger partial charge is 0.433 e. The van der Waals surface area contributed by atoms with Crippen LogP contribution in [0.1, 0.15) is 5.69 Å². The number of ether oxygens (including phenoxy) is 1. The maximum absolute atomic E-state index is 12.1. The molecule has 0 aliphatic carbocycles. The molecule has 2 rings (SSSR count). The third-order valence-corrected chi connectivity index (χ3v) is 3.17. The van der Waals surface area contributed by atoms with Gasteiger partial charge in [0.1, 0.15) is 5.75 Å². The lowest BCUT2D eigenvalue weighted by molar-refractivity contribution is -0.0497. The van der Waals surface area contributed by atoms with Crippen LogP contribution < -0.4 is 10.1 Å². The van der Waals surface area contributed by atoms with Crippen LogP contribution in [0.5, 0.6) is 5.75 Å². The summed E-state index contributed by atoms with van der Waals surface area (Å²) in [7, 11) is 0. The van der Waals surface area contributed by atoms with Gasteiger partial charge in [0.15, 0.2) is 0 Å². The Bertz CT molecular complexity index is 581. The van der Waals surface area contributed by atoms with Gasteiger partial charge in [-0.1, -0.05) is 11.6 Å². The molecular formula is C13H10BrClF2N2O. The molecule has 1 aromatic heterocycles. The number of pyridine rings is 1. The molecule has 1 N–H and O–H groups in total. The highest BCUT2D eigenvalue weighted by Crippen LogP contribution is 2.29. The van der Waals surface area contributed by atoms with Crippen LogP contribution in [-0.2, 0) is 6.54 Å². The molecule has 7 heteroatoms. The summed E-state index contributed by atoms with van der Waals surface area (Å²) in [5.41, 5.74) is 1.54. The zero-order valence-electron chi connectivity index (χ0n) is 10.1. The van der Waals surface area contributed by atoms with Crippen molar-refractivity contribution in [2.75, 3.05) is 5.32 Å². The first-order valence-electron chi connectivity index (χ1n) is 5.63. The van der Waals surface area contributed by atoms with Gasteiger partial charge in [-0.3, -0.25) is 4.98 Å². The summed E-state index contributed by atoms with van der Waals surface area (Å²) in [6.07, 6.45) is 1.70. The van der Waals surface area contributed by atoms with Crippen LogP contribution >= 0.6 is 27.5 Å². The SMILES string of the molecule is FC(F)Oc1ccc(NCc2ccc(Br)cn2)cc1Cl. The first kappa shape index (κ1) is 15.0. The van der Waals surface area contributed by atoms with Crippen LogP contribution in [0.4, 0.5) is 14.5 Å². The number of rotatable bonds is 5. The lowest BCUT2D eigenvalue weighted by Crippen LogP contribution is -2.04. The first-order chi connectivity index (χ1) is 9.54. The van der Waals surface area contributed by atoms with E-state index in [1.54, 1.807) is 12.3 Å². The van der Waals surface area contributed by atoms with Crippen LogP contribution in [0.15, 0.2) is 41.0 Å². The normalized spacial score (nSPS) is 10.7. The highest BCUT2D eigenvalue weighted by molar-refractivity contribution is 9.10. The molecule has 0 bridgehead atoms. The molecule has 0 unspecified atom stereocenters. The Morgan fingerprint density at radius 3 is 2.70 bits per heavy atom. The number of halogens is 4. The van der Waals surface area contributed by atoms with Gasteiger partial charge in [0.25, 0.3) is 0 Å². The maximum Gasteiger partial charge on any atom is 0.387 e. The lowest BCUT2D eigenvalue weighted by atomic mass is 10.3. The van der Waals surface area contributed by atoms with Crippen LogP contribution in [0.3, 0.4) is 0 Å². The first-order valence-corrected chi connectivity index (χ1v) is 6.80. The summed E-state index contributed by atoms with van der Waals surface area (Å²) >= 11 is 9.16. The van der Waals surface area contributed by atoms with Crippen molar-refractivity contribution in [1.82, 2.24) is 4.98 Å². The zero-order valence-corrected chi connectivity index (χ0v) is 12.5. The van der Waals surface area contributed by atoms with E-state index in [0.29, 0.717) is 12.2 Å². The molecule has 0 amide bonds. The van der Waals surface area contributed by atoms with Crippen molar-refractivity contribution in [3.63, 3.8) is 0 Å². The van der Waals surface area contributed by atoms with Gasteiger partial charge in [-0.2, -0.15) is 8.78 Å². The summed E-state index contributed by atoms with van der Waals surface area (Å²) in [4.78, 5) is 4.21. The monoisotopic (exact) mass is 362 g/mol. The molecule has 106 valence electrons.